The number of rotatable bonds is 6. The molecule has 0 spiro atoms. The van der Waals surface area contributed by atoms with E-state index < -0.39 is 14.6 Å². The second-order valence-electron chi connectivity index (χ2n) is 8.90. The minimum Gasteiger partial charge on any atom is -0.405 e. The molecule has 2 aromatic carbocycles. The van der Waals surface area contributed by atoms with Crippen LogP contribution < -0.4 is 16.1 Å². The lowest BCUT2D eigenvalue weighted by atomic mass is 10.1. The highest BCUT2D eigenvalue weighted by atomic mass is 28.4. The Morgan fingerprint density at radius 1 is 0.897 bits per heavy atom. The van der Waals surface area contributed by atoms with Gasteiger partial charge in [0, 0.05) is 7.11 Å². The van der Waals surface area contributed by atoms with Crippen LogP contribution in [0.15, 0.2) is 60.7 Å². The standard InChI is InChI=1S/C23H31NO4Si/c1-23(2,3)29(16-11-7-5-8-12-16,17-13-9-6-10-14-17)26-15-18-20-21(28-20)19(24)22(25-4)27-18/h5-14,18-22H,15,24H2,1-4H3/t18-,19-,20-,21+,22+/m1/s1. The maximum Gasteiger partial charge on any atom is 0.261 e. The third kappa shape index (κ3) is 3.69. The van der Waals surface area contributed by atoms with Crippen molar-refractivity contribution in [2.24, 2.45) is 5.73 Å². The zero-order valence-electron chi connectivity index (χ0n) is 17.6. The third-order valence-corrected chi connectivity index (χ3v) is 11.0. The largest absolute Gasteiger partial charge is 0.405 e. The van der Waals surface area contributed by atoms with Gasteiger partial charge in [0.1, 0.15) is 18.3 Å². The Balaban J connectivity index is 1.68. The van der Waals surface area contributed by atoms with Gasteiger partial charge >= 0.3 is 0 Å². The monoisotopic (exact) mass is 413 g/mol. The van der Waals surface area contributed by atoms with Gasteiger partial charge in [0.2, 0.25) is 0 Å². The van der Waals surface area contributed by atoms with Gasteiger partial charge in [-0.25, -0.2) is 0 Å². The van der Waals surface area contributed by atoms with E-state index in [4.69, 9.17) is 24.4 Å². The Labute approximate surface area is 174 Å². The molecule has 5 atom stereocenters. The number of fused-ring (bicyclic) bond motifs is 1. The van der Waals surface area contributed by atoms with Gasteiger partial charge in [0.05, 0.1) is 12.6 Å². The highest BCUT2D eigenvalue weighted by molar-refractivity contribution is 6.99. The summed E-state index contributed by atoms with van der Waals surface area (Å²) in [5.41, 5.74) is 6.16. The maximum atomic E-state index is 6.97. The fraction of sp³-hybridized carbons (Fsp3) is 0.478. The van der Waals surface area contributed by atoms with Gasteiger partial charge in [-0.15, -0.1) is 0 Å². The van der Waals surface area contributed by atoms with Gasteiger partial charge in [-0.2, -0.15) is 0 Å². The molecule has 2 saturated heterocycles. The summed E-state index contributed by atoms with van der Waals surface area (Å²) in [6.45, 7) is 7.25. The maximum absolute atomic E-state index is 6.97. The second kappa shape index (κ2) is 7.94. The lowest BCUT2D eigenvalue weighted by Crippen LogP contribution is -2.67. The Bertz CT molecular complexity index is 771. The van der Waals surface area contributed by atoms with E-state index >= 15 is 0 Å². The van der Waals surface area contributed by atoms with Crippen LogP contribution in [0.2, 0.25) is 5.04 Å². The lowest BCUT2D eigenvalue weighted by Gasteiger charge is -2.44. The number of nitrogens with two attached hydrogens (primary N) is 1. The van der Waals surface area contributed by atoms with Crippen LogP contribution in [0, 0.1) is 0 Å². The van der Waals surface area contributed by atoms with Gasteiger partial charge < -0.3 is 24.4 Å². The Hall–Kier alpha value is -1.54. The lowest BCUT2D eigenvalue weighted by molar-refractivity contribution is -0.186. The predicted molar refractivity (Wildman–Crippen MR) is 116 cm³/mol. The van der Waals surface area contributed by atoms with Crippen molar-refractivity contribution in [3.8, 4) is 0 Å². The number of hydrogen-bond acceptors (Lipinski definition) is 5. The van der Waals surface area contributed by atoms with Crippen molar-refractivity contribution in [1.29, 1.82) is 0 Å². The van der Waals surface area contributed by atoms with Crippen LogP contribution in [0.5, 0.6) is 0 Å². The molecule has 6 heteroatoms. The van der Waals surface area contributed by atoms with Gasteiger partial charge in [0.15, 0.2) is 6.29 Å². The van der Waals surface area contributed by atoms with E-state index in [2.05, 4.69) is 69.3 Å². The summed E-state index contributed by atoms with van der Waals surface area (Å²) in [5, 5.41) is 2.43. The Morgan fingerprint density at radius 3 is 1.93 bits per heavy atom. The van der Waals surface area contributed by atoms with E-state index in [1.54, 1.807) is 7.11 Å². The summed E-state index contributed by atoms with van der Waals surface area (Å²) in [5.74, 6) is 0. The van der Waals surface area contributed by atoms with Gasteiger partial charge in [0.25, 0.3) is 8.32 Å². The van der Waals surface area contributed by atoms with Crippen LogP contribution >= 0.6 is 0 Å². The van der Waals surface area contributed by atoms with Gasteiger partial charge in [-0.1, -0.05) is 81.4 Å². The summed E-state index contributed by atoms with van der Waals surface area (Å²) in [7, 11) is -0.983. The molecule has 29 heavy (non-hydrogen) atoms. The van der Waals surface area contributed by atoms with E-state index in [0.29, 0.717) is 6.61 Å². The highest BCUT2D eigenvalue weighted by Gasteiger charge is 2.58. The van der Waals surface area contributed by atoms with Crippen LogP contribution in [0.3, 0.4) is 0 Å². The molecule has 2 fully saturated rings. The average Bonchev–Trinajstić information content (AvgIpc) is 3.52. The SMILES string of the molecule is CO[C@H]1O[C@H](CO[Si](c2ccccc2)(c2ccccc2)C(C)(C)C)[C@H]2O[C@H]2[C@H]1N. The molecule has 0 unspecified atom stereocenters. The van der Waals surface area contributed by atoms with Crippen molar-refractivity contribution >= 4 is 18.7 Å². The molecule has 2 aromatic rings. The van der Waals surface area contributed by atoms with E-state index in [1.807, 2.05) is 12.1 Å². The van der Waals surface area contributed by atoms with E-state index in [0.717, 1.165) is 0 Å². The molecule has 0 aromatic heterocycles. The molecule has 0 saturated carbocycles. The number of benzene rings is 2. The Morgan fingerprint density at radius 2 is 1.45 bits per heavy atom. The van der Waals surface area contributed by atoms with Crippen molar-refractivity contribution in [1.82, 2.24) is 0 Å². The molecule has 2 N–H and O–H groups in total. The fourth-order valence-corrected chi connectivity index (χ4v) is 9.13. The van der Waals surface area contributed by atoms with E-state index in [9.17, 15) is 0 Å². The quantitative estimate of drug-likeness (QED) is 0.580. The molecule has 156 valence electrons. The minimum absolute atomic E-state index is 0.0125. The van der Waals surface area contributed by atoms with Crippen LogP contribution in [-0.4, -0.2) is 52.7 Å². The summed E-state index contributed by atoms with van der Waals surface area (Å²) >= 11 is 0. The minimum atomic E-state index is -2.60. The Kier molecular flexibility index (Phi) is 5.68. The molecular formula is C23H31NO4Si. The van der Waals surface area contributed by atoms with Crippen molar-refractivity contribution in [3.63, 3.8) is 0 Å². The van der Waals surface area contributed by atoms with Crippen LogP contribution in [0.1, 0.15) is 20.8 Å². The fourth-order valence-electron chi connectivity index (χ4n) is 4.56. The molecule has 2 aliphatic rings. The topological polar surface area (TPSA) is 66.2 Å². The molecule has 2 heterocycles. The molecule has 0 aliphatic carbocycles. The molecule has 0 amide bonds. The average molecular weight is 414 g/mol. The summed E-state index contributed by atoms with van der Waals surface area (Å²) in [4.78, 5) is 0. The first-order chi connectivity index (χ1) is 13.9. The normalized spacial score (nSPS) is 29.3. The molecule has 2 aliphatic heterocycles. The van der Waals surface area contributed by atoms with Crippen molar-refractivity contribution in [2.75, 3.05) is 13.7 Å². The number of methoxy groups -OCH3 is 1. The number of hydrogen-bond donors (Lipinski definition) is 1. The zero-order valence-corrected chi connectivity index (χ0v) is 18.6. The van der Waals surface area contributed by atoms with Gasteiger partial charge in [-0.3, -0.25) is 0 Å². The first kappa shape index (κ1) is 20.7. The highest BCUT2D eigenvalue weighted by Crippen LogP contribution is 2.40. The summed E-state index contributed by atoms with van der Waals surface area (Å²) < 4.78 is 24.3. The molecule has 0 radical (unpaired) electrons. The molecule has 0 bridgehead atoms. The molecule has 4 rings (SSSR count). The van der Waals surface area contributed by atoms with Crippen LogP contribution in [0.4, 0.5) is 0 Å². The van der Waals surface area contributed by atoms with E-state index in [1.165, 1.54) is 10.4 Å². The van der Waals surface area contributed by atoms with Crippen LogP contribution in [-0.2, 0) is 18.6 Å². The summed E-state index contributed by atoms with van der Waals surface area (Å²) in [6, 6.07) is 21.0. The summed E-state index contributed by atoms with van der Waals surface area (Å²) in [6.07, 6.45) is -0.686. The van der Waals surface area contributed by atoms with Crippen molar-refractivity contribution in [3.05, 3.63) is 60.7 Å². The first-order valence-electron chi connectivity index (χ1n) is 10.2. The third-order valence-electron chi connectivity index (χ3n) is 6.04. The molecule has 5 nitrogen and oxygen atoms in total. The van der Waals surface area contributed by atoms with Crippen LogP contribution in [0.25, 0.3) is 0 Å². The first-order valence-corrected chi connectivity index (χ1v) is 12.1. The second-order valence-corrected chi connectivity index (χ2v) is 13.2. The number of ether oxygens (including phenoxy) is 3. The molecular weight excluding hydrogens is 382 g/mol. The van der Waals surface area contributed by atoms with Crippen molar-refractivity contribution in [2.45, 2.75) is 56.5 Å². The van der Waals surface area contributed by atoms with E-state index in [-0.39, 0.29) is 29.4 Å². The van der Waals surface area contributed by atoms with Crippen molar-refractivity contribution < 1.29 is 18.6 Å². The zero-order chi connectivity index (χ0) is 20.6. The predicted octanol–water partition coefficient (Wildman–Crippen LogP) is 2.03. The van der Waals surface area contributed by atoms with Gasteiger partial charge in [-0.05, 0) is 15.4 Å². The smallest absolute Gasteiger partial charge is 0.261 e. The number of epoxide rings is 1.